The number of amides is 1. The lowest BCUT2D eigenvalue weighted by Gasteiger charge is -2.15. The molecule has 1 saturated heterocycles. The minimum Gasteiger partial charge on any atom is -0.326 e. The molecule has 1 aliphatic heterocycles. The highest BCUT2D eigenvalue weighted by molar-refractivity contribution is 9.10. The predicted molar refractivity (Wildman–Crippen MR) is 73.1 cm³/mol. The maximum atomic E-state index is 12.1. The first-order valence-corrected chi connectivity index (χ1v) is 6.67. The van der Waals surface area contributed by atoms with Gasteiger partial charge in [0.25, 0.3) is 0 Å². The van der Waals surface area contributed by atoms with Crippen LogP contribution in [0.25, 0.3) is 0 Å². The van der Waals surface area contributed by atoms with E-state index in [0.717, 1.165) is 28.7 Å². The summed E-state index contributed by atoms with van der Waals surface area (Å²) in [7, 11) is 0. The zero-order valence-electron chi connectivity index (χ0n) is 10.1. The summed E-state index contributed by atoms with van der Waals surface area (Å²) in [6.45, 7) is 5.00. The van der Waals surface area contributed by atoms with Crippen molar-refractivity contribution in [2.45, 2.75) is 26.3 Å². The Morgan fingerprint density at radius 1 is 1.47 bits per heavy atom. The van der Waals surface area contributed by atoms with Crippen molar-refractivity contribution in [3.63, 3.8) is 0 Å². The van der Waals surface area contributed by atoms with Gasteiger partial charge in [-0.15, -0.1) is 0 Å². The van der Waals surface area contributed by atoms with Crippen LogP contribution in [0, 0.1) is 12.8 Å². The smallest absolute Gasteiger partial charge is 0.229 e. The van der Waals surface area contributed by atoms with Crippen molar-refractivity contribution in [2.24, 2.45) is 5.92 Å². The van der Waals surface area contributed by atoms with Gasteiger partial charge in [-0.3, -0.25) is 4.79 Å². The van der Waals surface area contributed by atoms with E-state index >= 15 is 0 Å². The number of hydrogen-bond acceptors (Lipinski definition) is 2. The second-order valence-corrected chi connectivity index (χ2v) is 5.56. The summed E-state index contributed by atoms with van der Waals surface area (Å²) < 4.78 is 0.991. The molecule has 0 aromatic heterocycles. The van der Waals surface area contributed by atoms with Crippen molar-refractivity contribution in [1.82, 2.24) is 5.32 Å². The Kier molecular flexibility index (Phi) is 3.84. The molecule has 1 fully saturated rings. The fourth-order valence-corrected chi connectivity index (χ4v) is 2.87. The molecule has 0 saturated carbocycles. The molecular weight excluding hydrogens is 280 g/mol. The van der Waals surface area contributed by atoms with Crippen molar-refractivity contribution in [3.8, 4) is 0 Å². The Morgan fingerprint density at radius 3 is 2.82 bits per heavy atom. The fraction of sp³-hybridized carbons (Fsp3) is 0.462. The minimum atomic E-state index is 0.0780. The maximum Gasteiger partial charge on any atom is 0.229 e. The van der Waals surface area contributed by atoms with Crippen LogP contribution in [-0.2, 0) is 4.79 Å². The normalized spacial score (nSPS) is 23.7. The molecule has 0 bridgehead atoms. The number of anilines is 1. The number of benzene rings is 1. The number of rotatable bonds is 2. The quantitative estimate of drug-likeness (QED) is 0.881. The summed E-state index contributed by atoms with van der Waals surface area (Å²) in [5.41, 5.74) is 1.99. The molecule has 2 atom stereocenters. The first kappa shape index (κ1) is 12.6. The lowest BCUT2D eigenvalue weighted by Crippen LogP contribution is -2.32. The molecule has 2 rings (SSSR count). The van der Waals surface area contributed by atoms with Gasteiger partial charge in [-0.25, -0.2) is 0 Å². The third kappa shape index (κ3) is 3.07. The van der Waals surface area contributed by atoms with Crippen LogP contribution in [0.4, 0.5) is 5.69 Å². The third-order valence-electron chi connectivity index (χ3n) is 3.17. The molecule has 1 heterocycles. The highest BCUT2D eigenvalue weighted by atomic mass is 79.9. The summed E-state index contributed by atoms with van der Waals surface area (Å²) in [6, 6.07) is 6.20. The molecule has 0 aliphatic carbocycles. The summed E-state index contributed by atoms with van der Waals surface area (Å²) in [5.74, 6) is 0.189. The van der Waals surface area contributed by atoms with Crippen LogP contribution in [-0.4, -0.2) is 18.5 Å². The van der Waals surface area contributed by atoms with Gasteiger partial charge in [0.1, 0.15) is 0 Å². The zero-order valence-corrected chi connectivity index (χ0v) is 11.7. The van der Waals surface area contributed by atoms with E-state index in [1.807, 2.05) is 25.1 Å². The topological polar surface area (TPSA) is 41.1 Å². The second-order valence-electron chi connectivity index (χ2n) is 4.64. The SMILES string of the molecule is Cc1cc(Br)cc(NC(=O)C2CCNC2C)c1. The Hall–Kier alpha value is -0.870. The van der Waals surface area contributed by atoms with Crippen LogP contribution in [0.2, 0.25) is 0 Å². The van der Waals surface area contributed by atoms with Crippen LogP contribution in [0.1, 0.15) is 18.9 Å². The van der Waals surface area contributed by atoms with Gasteiger partial charge >= 0.3 is 0 Å². The van der Waals surface area contributed by atoms with E-state index in [-0.39, 0.29) is 17.9 Å². The lowest BCUT2D eigenvalue weighted by molar-refractivity contribution is -0.119. The van der Waals surface area contributed by atoms with E-state index in [1.54, 1.807) is 0 Å². The monoisotopic (exact) mass is 296 g/mol. The van der Waals surface area contributed by atoms with E-state index in [0.29, 0.717) is 0 Å². The summed E-state index contributed by atoms with van der Waals surface area (Å²) in [4.78, 5) is 12.1. The first-order valence-electron chi connectivity index (χ1n) is 5.87. The van der Waals surface area contributed by atoms with E-state index in [9.17, 15) is 4.79 Å². The standard InChI is InChI=1S/C13H17BrN2O/c1-8-5-10(14)7-11(6-8)16-13(17)12-3-4-15-9(12)2/h5-7,9,12,15H,3-4H2,1-2H3,(H,16,17). The molecule has 0 spiro atoms. The highest BCUT2D eigenvalue weighted by Gasteiger charge is 2.29. The number of aryl methyl sites for hydroxylation is 1. The van der Waals surface area contributed by atoms with Crippen LogP contribution in [0.3, 0.4) is 0 Å². The van der Waals surface area contributed by atoms with E-state index in [2.05, 4.69) is 33.5 Å². The van der Waals surface area contributed by atoms with Gasteiger partial charge in [0.05, 0.1) is 5.92 Å². The van der Waals surface area contributed by atoms with Crippen molar-refractivity contribution in [1.29, 1.82) is 0 Å². The van der Waals surface area contributed by atoms with Crippen molar-refractivity contribution < 1.29 is 4.79 Å². The van der Waals surface area contributed by atoms with Gasteiger partial charge in [-0.1, -0.05) is 15.9 Å². The fourth-order valence-electron chi connectivity index (χ4n) is 2.26. The number of hydrogen-bond donors (Lipinski definition) is 2. The molecule has 0 radical (unpaired) electrons. The van der Waals surface area contributed by atoms with E-state index < -0.39 is 0 Å². The molecule has 2 unspecified atom stereocenters. The summed E-state index contributed by atoms with van der Waals surface area (Å²) in [5, 5.41) is 6.28. The number of halogens is 1. The molecule has 3 nitrogen and oxygen atoms in total. The van der Waals surface area contributed by atoms with Crippen molar-refractivity contribution in [2.75, 3.05) is 11.9 Å². The molecule has 1 aliphatic rings. The van der Waals surface area contributed by atoms with Gasteiger partial charge in [-0.05, 0) is 50.6 Å². The highest BCUT2D eigenvalue weighted by Crippen LogP contribution is 2.22. The molecule has 2 N–H and O–H groups in total. The van der Waals surface area contributed by atoms with Crippen LogP contribution in [0.15, 0.2) is 22.7 Å². The summed E-state index contributed by atoms with van der Waals surface area (Å²) in [6.07, 6.45) is 0.917. The average Bonchev–Trinajstić information content (AvgIpc) is 2.62. The van der Waals surface area contributed by atoms with Gasteiger partial charge in [0.2, 0.25) is 5.91 Å². The van der Waals surface area contributed by atoms with Gasteiger partial charge < -0.3 is 10.6 Å². The van der Waals surface area contributed by atoms with Crippen molar-refractivity contribution >= 4 is 27.5 Å². The molecule has 1 aromatic carbocycles. The Balaban J connectivity index is 2.07. The predicted octanol–water partition coefficient (Wildman–Crippen LogP) is 2.69. The average molecular weight is 297 g/mol. The van der Waals surface area contributed by atoms with Gasteiger partial charge in [0.15, 0.2) is 0 Å². The molecular formula is C13H17BrN2O. The minimum absolute atomic E-state index is 0.0780. The van der Waals surface area contributed by atoms with Gasteiger partial charge in [-0.2, -0.15) is 0 Å². The molecule has 92 valence electrons. The lowest BCUT2D eigenvalue weighted by atomic mass is 10.0. The van der Waals surface area contributed by atoms with Crippen molar-refractivity contribution in [3.05, 3.63) is 28.2 Å². The van der Waals surface area contributed by atoms with Crippen LogP contribution >= 0.6 is 15.9 Å². The number of carbonyl (C=O) groups is 1. The second kappa shape index (κ2) is 5.19. The first-order chi connectivity index (χ1) is 8.06. The van der Waals surface area contributed by atoms with Crippen LogP contribution < -0.4 is 10.6 Å². The number of carbonyl (C=O) groups excluding carboxylic acids is 1. The zero-order chi connectivity index (χ0) is 12.4. The molecule has 4 heteroatoms. The van der Waals surface area contributed by atoms with E-state index in [1.165, 1.54) is 0 Å². The van der Waals surface area contributed by atoms with Gasteiger partial charge in [0, 0.05) is 16.2 Å². The number of nitrogens with one attached hydrogen (secondary N) is 2. The summed E-state index contributed by atoms with van der Waals surface area (Å²) >= 11 is 3.43. The molecule has 1 amide bonds. The van der Waals surface area contributed by atoms with E-state index in [4.69, 9.17) is 0 Å². The maximum absolute atomic E-state index is 12.1. The third-order valence-corrected chi connectivity index (χ3v) is 3.63. The van der Waals surface area contributed by atoms with Crippen LogP contribution in [0.5, 0.6) is 0 Å². The largest absolute Gasteiger partial charge is 0.326 e. The molecule has 1 aromatic rings. The Bertz CT molecular complexity index is 413. The Morgan fingerprint density at radius 2 is 2.24 bits per heavy atom. The Labute approximate surface area is 110 Å². The molecule has 17 heavy (non-hydrogen) atoms.